The smallest absolute Gasteiger partial charge is 0.277 e. The van der Waals surface area contributed by atoms with Gasteiger partial charge in [-0.25, -0.2) is 0 Å². The highest BCUT2D eigenvalue weighted by molar-refractivity contribution is 6.02. The predicted octanol–water partition coefficient (Wildman–Crippen LogP) is 4.32. The van der Waals surface area contributed by atoms with Gasteiger partial charge in [-0.2, -0.15) is 9.90 Å². The van der Waals surface area contributed by atoms with Crippen LogP contribution in [0.25, 0.3) is 5.69 Å². The Hall–Kier alpha value is -4.13. The van der Waals surface area contributed by atoms with E-state index in [9.17, 15) is 4.79 Å². The van der Waals surface area contributed by atoms with Crippen molar-refractivity contribution in [2.45, 2.75) is 0 Å². The molecule has 0 bridgehead atoms. The highest BCUT2D eigenvalue weighted by Gasteiger charge is 2.12. The third kappa shape index (κ3) is 4.24. The van der Waals surface area contributed by atoms with Crippen molar-refractivity contribution in [3.05, 3.63) is 90.8 Å². The van der Waals surface area contributed by atoms with Gasteiger partial charge in [0.15, 0.2) is 17.2 Å². The zero-order chi connectivity index (χ0) is 20.1. The highest BCUT2D eigenvalue weighted by atomic mass is 16.5. The molecule has 0 aliphatic rings. The highest BCUT2D eigenvalue weighted by Crippen LogP contribution is 2.31. The van der Waals surface area contributed by atoms with Gasteiger partial charge >= 0.3 is 0 Å². The fourth-order valence-corrected chi connectivity index (χ4v) is 2.68. The molecule has 0 aliphatic heterocycles. The molecule has 144 valence electrons. The number of hydrogen-bond acceptors (Lipinski definition) is 5. The SMILES string of the molecule is COc1ccccc1Oc1ccc(NC(=O)c2cnn(-c3ccccc3)n2)cc1. The van der Waals surface area contributed by atoms with Gasteiger partial charge in [-0.15, -0.1) is 5.10 Å². The second kappa shape index (κ2) is 8.26. The minimum Gasteiger partial charge on any atom is -0.493 e. The molecule has 0 fully saturated rings. The standard InChI is InChI=1S/C22H18N4O3/c1-28-20-9-5-6-10-21(20)29-18-13-11-16(12-14-18)24-22(27)19-15-23-26(25-19)17-7-3-2-4-8-17/h2-15H,1H3,(H,24,27). The molecule has 0 saturated heterocycles. The van der Waals surface area contributed by atoms with Gasteiger partial charge in [0.2, 0.25) is 0 Å². The Bertz CT molecular complexity index is 1110. The quantitative estimate of drug-likeness (QED) is 0.534. The molecule has 1 aromatic heterocycles. The van der Waals surface area contributed by atoms with E-state index in [1.807, 2.05) is 54.6 Å². The number of anilines is 1. The van der Waals surface area contributed by atoms with Crippen LogP contribution in [0, 0.1) is 0 Å². The molecular formula is C22H18N4O3. The normalized spacial score (nSPS) is 10.4. The molecule has 3 aromatic carbocycles. The zero-order valence-corrected chi connectivity index (χ0v) is 15.6. The van der Waals surface area contributed by atoms with Gasteiger partial charge in [0.25, 0.3) is 5.91 Å². The Labute approximate surface area is 167 Å². The molecule has 4 rings (SSSR count). The van der Waals surface area contributed by atoms with Crippen molar-refractivity contribution in [2.24, 2.45) is 0 Å². The second-order valence-corrected chi connectivity index (χ2v) is 6.09. The van der Waals surface area contributed by atoms with Crippen LogP contribution in [0.15, 0.2) is 85.1 Å². The fourth-order valence-electron chi connectivity index (χ4n) is 2.68. The molecule has 1 amide bonds. The minimum atomic E-state index is -0.342. The molecule has 4 aromatic rings. The Balaban J connectivity index is 1.42. The predicted molar refractivity (Wildman–Crippen MR) is 109 cm³/mol. The number of nitrogens with zero attached hydrogens (tertiary/aromatic N) is 3. The summed E-state index contributed by atoms with van der Waals surface area (Å²) in [7, 11) is 1.59. The monoisotopic (exact) mass is 386 g/mol. The van der Waals surface area contributed by atoms with Crippen molar-refractivity contribution in [1.29, 1.82) is 0 Å². The number of amides is 1. The summed E-state index contributed by atoms with van der Waals surface area (Å²) in [5, 5.41) is 11.2. The van der Waals surface area contributed by atoms with Crippen molar-refractivity contribution >= 4 is 11.6 Å². The van der Waals surface area contributed by atoms with Crippen molar-refractivity contribution in [3.8, 4) is 22.9 Å². The van der Waals surface area contributed by atoms with Crippen molar-refractivity contribution in [1.82, 2.24) is 15.0 Å². The molecule has 0 atom stereocenters. The van der Waals surface area contributed by atoms with Crippen LogP contribution in [-0.4, -0.2) is 28.0 Å². The third-order valence-electron chi connectivity index (χ3n) is 4.12. The first-order valence-corrected chi connectivity index (χ1v) is 8.93. The number of benzene rings is 3. The molecule has 0 unspecified atom stereocenters. The molecule has 1 heterocycles. The Morgan fingerprint density at radius 2 is 1.59 bits per heavy atom. The van der Waals surface area contributed by atoms with Crippen LogP contribution in [0.3, 0.4) is 0 Å². The Morgan fingerprint density at radius 3 is 2.31 bits per heavy atom. The first kappa shape index (κ1) is 18.2. The lowest BCUT2D eigenvalue weighted by Crippen LogP contribution is -2.13. The summed E-state index contributed by atoms with van der Waals surface area (Å²) in [6.07, 6.45) is 1.43. The maximum atomic E-state index is 12.4. The van der Waals surface area contributed by atoms with E-state index in [0.717, 1.165) is 5.69 Å². The number of nitrogens with one attached hydrogen (secondary N) is 1. The molecule has 7 nitrogen and oxygen atoms in total. The van der Waals surface area contributed by atoms with Crippen LogP contribution >= 0.6 is 0 Å². The first-order valence-electron chi connectivity index (χ1n) is 8.93. The summed E-state index contributed by atoms with van der Waals surface area (Å²) in [5.74, 6) is 1.55. The van der Waals surface area contributed by atoms with E-state index in [1.165, 1.54) is 11.0 Å². The summed E-state index contributed by atoms with van der Waals surface area (Å²) in [6, 6.07) is 23.8. The lowest BCUT2D eigenvalue weighted by atomic mass is 10.3. The number of para-hydroxylation sites is 3. The molecule has 7 heteroatoms. The summed E-state index contributed by atoms with van der Waals surface area (Å²) < 4.78 is 11.1. The summed E-state index contributed by atoms with van der Waals surface area (Å²) >= 11 is 0. The molecule has 0 saturated carbocycles. The molecule has 0 aliphatic carbocycles. The van der Waals surface area contributed by atoms with Crippen molar-refractivity contribution in [3.63, 3.8) is 0 Å². The molecule has 0 spiro atoms. The van der Waals surface area contributed by atoms with Gasteiger partial charge in [0, 0.05) is 5.69 Å². The van der Waals surface area contributed by atoms with E-state index >= 15 is 0 Å². The first-order chi connectivity index (χ1) is 14.2. The van der Waals surface area contributed by atoms with Crippen LogP contribution in [0.2, 0.25) is 0 Å². The number of methoxy groups -OCH3 is 1. The summed E-state index contributed by atoms with van der Waals surface area (Å²) in [4.78, 5) is 13.9. The van der Waals surface area contributed by atoms with Crippen LogP contribution in [-0.2, 0) is 0 Å². The largest absolute Gasteiger partial charge is 0.493 e. The summed E-state index contributed by atoms with van der Waals surface area (Å²) in [5.41, 5.74) is 1.63. The van der Waals surface area contributed by atoms with E-state index < -0.39 is 0 Å². The van der Waals surface area contributed by atoms with Crippen molar-refractivity contribution in [2.75, 3.05) is 12.4 Å². The Kier molecular flexibility index (Phi) is 5.20. The number of hydrogen-bond donors (Lipinski definition) is 1. The number of ether oxygens (including phenoxy) is 2. The minimum absolute atomic E-state index is 0.225. The molecular weight excluding hydrogens is 368 g/mol. The van der Waals surface area contributed by atoms with Crippen LogP contribution in [0.5, 0.6) is 17.2 Å². The zero-order valence-electron chi connectivity index (χ0n) is 15.6. The molecule has 29 heavy (non-hydrogen) atoms. The second-order valence-electron chi connectivity index (χ2n) is 6.09. The van der Waals surface area contributed by atoms with Gasteiger partial charge in [-0.05, 0) is 48.5 Å². The molecule has 0 radical (unpaired) electrons. The van der Waals surface area contributed by atoms with E-state index in [2.05, 4.69) is 15.5 Å². The average Bonchev–Trinajstić information content (AvgIpc) is 3.27. The number of rotatable bonds is 6. The van der Waals surface area contributed by atoms with E-state index in [-0.39, 0.29) is 11.6 Å². The lowest BCUT2D eigenvalue weighted by Gasteiger charge is -2.10. The lowest BCUT2D eigenvalue weighted by molar-refractivity contribution is 0.102. The topological polar surface area (TPSA) is 78.3 Å². The third-order valence-corrected chi connectivity index (χ3v) is 4.12. The average molecular weight is 386 g/mol. The van der Waals surface area contributed by atoms with Gasteiger partial charge in [0.05, 0.1) is 19.0 Å². The molecule has 1 N–H and O–H groups in total. The fraction of sp³-hybridized carbons (Fsp3) is 0.0455. The maximum Gasteiger partial charge on any atom is 0.277 e. The van der Waals surface area contributed by atoms with Gasteiger partial charge in [0.1, 0.15) is 5.75 Å². The van der Waals surface area contributed by atoms with Crippen molar-refractivity contribution < 1.29 is 14.3 Å². The number of carbonyl (C=O) groups is 1. The van der Waals surface area contributed by atoms with E-state index in [1.54, 1.807) is 31.4 Å². The number of aromatic nitrogens is 3. The summed E-state index contributed by atoms with van der Waals surface area (Å²) in [6.45, 7) is 0. The van der Waals surface area contributed by atoms with E-state index in [4.69, 9.17) is 9.47 Å². The van der Waals surface area contributed by atoms with Crippen LogP contribution in [0.1, 0.15) is 10.5 Å². The van der Waals surface area contributed by atoms with Gasteiger partial charge in [-0.3, -0.25) is 4.79 Å². The van der Waals surface area contributed by atoms with Crippen LogP contribution in [0.4, 0.5) is 5.69 Å². The van der Waals surface area contributed by atoms with Crippen LogP contribution < -0.4 is 14.8 Å². The van der Waals surface area contributed by atoms with E-state index in [0.29, 0.717) is 22.9 Å². The van der Waals surface area contributed by atoms with Gasteiger partial charge in [-0.1, -0.05) is 30.3 Å². The Morgan fingerprint density at radius 1 is 0.897 bits per heavy atom. The maximum absolute atomic E-state index is 12.4. The number of carbonyl (C=O) groups excluding carboxylic acids is 1. The van der Waals surface area contributed by atoms with Gasteiger partial charge < -0.3 is 14.8 Å².